The van der Waals surface area contributed by atoms with Crippen molar-refractivity contribution in [3.05, 3.63) is 41.5 Å². The van der Waals surface area contributed by atoms with Crippen molar-refractivity contribution in [1.29, 1.82) is 0 Å². The number of Topliss-reactive ketones (excluding diaryl/α,β-unsaturated/α-hetero) is 1. The molecule has 8 unspecified atom stereocenters. The summed E-state index contributed by atoms with van der Waals surface area (Å²) in [6.07, 6.45) is 7.15. The third-order valence-electron chi connectivity index (χ3n) is 10.1. The molecule has 5 rings (SSSR count). The van der Waals surface area contributed by atoms with Crippen LogP contribution in [0.15, 0.2) is 40.8 Å². The van der Waals surface area contributed by atoms with Crippen LogP contribution in [0.5, 0.6) is 0 Å². The number of benzene rings is 1. The SMILES string of the molecule is CC(=O)C1CCC2C3CC=C4CC(OS(=O)(=O)c5ccc(C)cc5)CCC4(C)C3C(O)CC12C. The Labute approximate surface area is 204 Å². The third kappa shape index (κ3) is 3.72. The van der Waals surface area contributed by atoms with Gasteiger partial charge < -0.3 is 5.11 Å². The Morgan fingerprint density at radius 2 is 1.82 bits per heavy atom. The standard InChI is InChI=1S/C28H38O5S/c1-17-5-8-21(9-6-17)34(31,32)33-20-13-14-27(3)19(15-20)7-10-22-24-12-11-23(18(2)29)28(24,4)16-25(30)26(22)27/h5-9,20,22-26,30H,10-16H2,1-4H3. The van der Waals surface area contributed by atoms with Crippen LogP contribution in [0.1, 0.15) is 71.3 Å². The summed E-state index contributed by atoms with van der Waals surface area (Å²) in [6, 6.07) is 6.78. The van der Waals surface area contributed by atoms with Gasteiger partial charge in [0.25, 0.3) is 10.1 Å². The van der Waals surface area contributed by atoms with Crippen LogP contribution in [0.3, 0.4) is 0 Å². The summed E-state index contributed by atoms with van der Waals surface area (Å²) >= 11 is 0. The molecule has 34 heavy (non-hydrogen) atoms. The van der Waals surface area contributed by atoms with Crippen LogP contribution in [-0.4, -0.2) is 31.5 Å². The van der Waals surface area contributed by atoms with Crippen LogP contribution in [0, 0.1) is 41.4 Å². The van der Waals surface area contributed by atoms with Gasteiger partial charge in [-0.1, -0.05) is 43.2 Å². The van der Waals surface area contributed by atoms with Gasteiger partial charge in [0.05, 0.1) is 17.1 Å². The lowest BCUT2D eigenvalue weighted by atomic mass is 9.46. The summed E-state index contributed by atoms with van der Waals surface area (Å²) in [5.41, 5.74) is 1.99. The number of rotatable bonds is 4. The molecular weight excluding hydrogens is 448 g/mol. The van der Waals surface area contributed by atoms with Gasteiger partial charge >= 0.3 is 0 Å². The monoisotopic (exact) mass is 486 g/mol. The van der Waals surface area contributed by atoms with Crippen LogP contribution in [-0.2, 0) is 19.1 Å². The van der Waals surface area contributed by atoms with Crippen LogP contribution in [0.25, 0.3) is 0 Å². The number of ketones is 1. The van der Waals surface area contributed by atoms with E-state index in [1.54, 1.807) is 31.2 Å². The Morgan fingerprint density at radius 3 is 2.50 bits per heavy atom. The summed E-state index contributed by atoms with van der Waals surface area (Å²) in [6.45, 7) is 8.14. The number of hydrogen-bond donors (Lipinski definition) is 1. The highest BCUT2D eigenvalue weighted by Gasteiger charge is 2.62. The van der Waals surface area contributed by atoms with Crippen molar-refractivity contribution in [3.63, 3.8) is 0 Å². The molecule has 3 fully saturated rings. The van der Waals surface area contributed by atoms with E-state index in [0.29, 0.717) is 31.1 Å². The number of carbonyl (C=O) groups excluding carboxylic acids is 1. The second-order valence-corrected chi connectivity index (χ2v) is 13.5. The normalized spacial score (nSPS) is 41.7. The van der Waals surface area contributed by atoms with Gasteiger partial charge in [-0.2, -0.15) is 8.42 Å². The summed E-state index contributed by atoms with van der Waals surface area (Å²) in [7, 11) is -3.81. The fourth-order valence-electron chi connectivity index (χ4n) is 8.45. The number of aliphatic hydroxyl groups excluding tert-OH is 1. The van der Waals surface area contributed by atoms with Gasteiger partial charge in [0.15, 0.2) is 0 Å². The van der Waals surface area contributed by atoms with Gasteiger partial charge in [0, 0.05) is 5.92 Å². The van der Waals surface area contributed by atoms with E-state index in [0.717, 1.165) is 31.2 Å². The zero-order valence-electron chi connectivity index (χ0n) is 20.8. The summed E-state index contributed by atoms with van der Waals surface area (Å²) in [5.74, 6) is 1.32. The second-order valence-electron chi connectivity index (χ2n) is 11.9. The van der Waals surface area contributed by atoms with Crippen molar-refractivity contribution in [2.75, 3.05) is 0 Å². The minimum Gasteiger partial charge on any atom is -0.393 e. The van der Waals surface area contributed by atoms with Gasteiger partial charge in [-0.25, -0.2) is 0 Å². The lowest BCUT2D eigenvalue weighted by Crippen LogP contribution is -2.56. The summed E-state index contributed by atoms with van der Waals surface area (Å²) in [5, 5.41) is 11.5. The molecule has 0 bridgehead atoms. The quantitative estimate of drug-likeness (QED) is 0.467. The number of hydrogen-bond acceptors (Lipinski definition) is 5. The van der Waals surface area contributed by atoms with Crippen molar-refractivity contribution < 1.29 is 22.5 Å². The number of allylic oxidation sites excluding steroid dienone is 1. The maximum absolute atomic E-state index is 12.9. The van der Waals surface area contributed by atoms with Crippen LogP contribution >= 0.6 is 0 Å². The molecular formula is C28H38O5S. The van der Waals surface area contributed by atoms with E-state index >= 15 is 0 Å². The largest absolute Gasteiger partial charge is 0.393 e. The predicted molar refractivity (Wildman–Crippen MR) is 131 cm³/mol. The number of fused-ring (bicyclic) bond motifs is 5. The maximum atomic E-state index is 12.9. The van der Waals surface area contributed by atoms with Crippen molar-refractivity contribution in [1.82, 2.24) is 0 Å². The molecule has 186 valence electrons. The molecule has 3 saturated carbocycles. The predicted octanol–water partition coefficient (Wildman–Crippen LogP) is 5.21. The molecule has 4 aliphatic carbocycles. The molecule has 5 nitrogen and oxygen atoms in total. The number of aryl methyl sites for hydroxylation is 1. The Bertz CT molecular complexity index is 1110. The number of aliphatic hydroxyl groups is 1. The zero-order valence-corrected chi connectivity index (χ0v) is 21.6. The molecule has 8 atom stereocenters. The lowest BCUT2D eigenvalue weighted by molar-refractivity contribution is -0.140. The molecule has 4 aliphatic rings. The van der Waals surface area contributed by atoms with E-state index in [2.05, 4.69) is 19.9 Å². The highest BCUT2D eigenvalue weighted by molar-refractivity contribution is 7.86. The second kappa shape index (κ2) is 8.28. The average Bonchev–Trinajstić information content (AvgIpc) is 3.10. The minimum atomic E-state index is -3.81. The Morgan fingerprint density at radius 1 is 1.12 bits per heavy atom. The van der Waals surface area contributed by atoms with Gasteiger partial charge in [-0.15, -0.1) is 0 Å². The molecule has 0 heterocycles. The lowest BCUT2D eigenvalue weighted by Gasteiger charge is -2.59. The van der Waals surface area contributed by atoms with E-state index in [9.17, 15) is 18.3 Å². The van der Waals surface area contributed by atoms with Gasteiger partial charge in [-0.05, 0) is 99.5 Å². The fourth-order valence-corrected chi connectivity index (χ4v) is 9.55. The molecule has 1 aromatic carbocycles. The Hall–Kier alpha value is -1.50. The molecule has 0 aliphatic heterocycles. The van der Waals surface area contributed by atoms with Crippen molar-refractivity contribution in [3.8, 4) is 0 Å². The molecule has 0 spiro atoms. The first-order chi connectivity index (χ1) is 16.0. The molecule has 6 heteroatoms. The molecule has 0 radical (unpaired) electrons. The van der Waals surface area contributed by atoms with E-state index in [1.807, 2.05) is 6.92 Å². The maximum Gasteiger partial charge on any atom is 0.297 e. The van der Waals surface area contributed by atoms with E-state index in [4.69, 9.17) is 4.18 Å². The molecule has 1 N–H and O–H groups in total. The van der Waals surface area contributed by atoms with E-state index < -0.39 is 16.2 Å². The third-order valence-corrected chi connectivity index (χ3v) is 11.4. The molecule has 1 aromatic rings. The van der Waals surface area contributed by atoms with Gasteiger partial charge in [0.1, 0.15) is 5.78 Å². The Balaban J connectivity index is 1.37. The summed E-state index contributed by atoms with van der Waals surface area (Å²) < 4.78 is 31.5. The first-order valence-electron chi connectivity index (χ1n) is 12.8. The zero-order chi connectivity index (χ0) is 24.5. The van der Waals surface area contributed by atoms with Crippen LogP contribution in [0.2, 0.25) is 0 Å². The van der Waals surface area contributed by atoms with E-state index in [-0.39, 0.29) is 39.4 Å². The first-order valence-corrected chi connectivity index (χ1v) is 14.2. The summed E-state index contributed by atoms with van der Waals surface area (Å²) in [4.78, 5) is 12.6. The topological polar surface area (TPSA) is 80.7 Å². The average molecular weight is 487 g/mol. The van der Waals surface area contributed by atoms with Crippen LogP contribution in [0.4, 0.5) is 0 Å². The minimum absolute atomic E-state index is 0.0578. The Kier molecular flexibility index (Phi) is 5.89. The highest BCUT2D eigenvalue weighted by Crippen LogP contribution is 2.66. The van der Waals surface area contributed by atoms with Crippen molar-refractivity contribution >= 4 is 15.9 Å². The van der Waals surface area contributed by atoms with Gasteiger partial charge in [0.2, 0.25) is 0 Å². The molecule has 0 amide bonds. The fraction of sp³-hybridized carbons (Fsp3) is 0.679. The number of carbonyl (C=O) groups is 1. The van der Waals surface area contributed by atoms with Crippen LogP contribution < -0.4 is 0 Å². The highest BCUT2D eigenvalue weighted by atomic mass is 32.2. The van der Waals surface area contributed by atoms with Crippen molar-refractivity contribution in [2.45, 2.75) is 89.7 Å². The molecule has 0 aromatic heterocycles. The van der Waals surface area contributed by atoms with E-state index in [1.165, 1.54) is 5.57 Å². The van der Waals surface area contributed by atoms with Crippen molar-refractivity contribution in [2.24, 2.45) is 34.5 Å². The molecule has 0 saturated heterocycles. The smallest absolute Gasteiger partial charge is 0.297 e. The first kappa shape index (κ1) is 24.2. The van der Waals surface area contributed by atoms with Gasteiger partial charge in [-0.3, -0.25) is 8.98 Å².